The maximum absolute atomic E-state index is 13.3. The highest BCUT2D eigenvalue weighted by Crippen LogP contribution is 2.40. The normalized spacial score (nSPS) is 50.7. The molecule has 0 aromatic carbocycles. The van der Waals surface area contributed by atoms with Crippen molar-refractivity contribution in [1.82, 2.24) is 16.0 Å². The summed E-state index contributed by atoms with van der Waals surface area (Å²) in [5.41, 5.74) is 0. The van der Waals surface area contributed by atoms with E-state index in [4.69, 9.17) is 80.5 Å². The van der Waals surface area contributed by atoms with E-state index in [-0.39, 0.29) is 0 Å². The predicted octanol–water partition coefficient (Wildman–Crippen LogP) is -18.1. The molecule has 9 aliphatic heterocycles. The fourth-order valence-corrected chi connectivity index (χ4v) is 13.8. The van der Waals surface area contributed by atoms with Crippen molar-refractivity contribution in [3.63, 3.8) is 0 Å². The van der Waals surface area contributed by atoms with E-state index in [2.05, 4.69) is 16.0 Å². The Morgan fingerprint density at radius 3 is 1.04 bits per heavy atom. The minimum atomic E-state index is -2.53. The smallest absolute Gasteiger partial charge is 0.217 e. The van der Waals surface area contributed by atoms with E-state index in [0.717, 1.165) is 20.8 Å². The van der Waals surface area contributed by atoms with Crippen LogP contribution >= 0.6 is 0 Å². The lowest BCUT2D eigenvalue weighted by Gasteiger charge is -2.51. The van der Waals surface area contributed by atoms with Crippen LogP contribution in [0.15, 0.2) is 0 Å². The fourth-order valence-electron chi connectivity index (χ4n) is 13.8. The molecule has 9 saturated heterocycles. The number of hydrogen-bond acceptors (Lipinski definition) is 44. The van der Waals surface area contributed by atoms with Gasteiger partial charge in [-0.15, -0.1) is 0 Å². The molecule has 0 saturated carbocycles. The van der Waals surface area contributed by atoms with E-state index in [0.29, 0.717) is 0 Å². The molecule has 47 heteroatoms. The zero-order chi connectivity index (χ0) is 78.8. The molecule has 47 nitrogen and oxygen atoms in total. The highest BCUT2D eigenvalue weighted by molar-refractivity contribution is 5.74. The third-order valence-electron chi connectivity index (χ3n) is 19.9. The van der Waals surface area contributed by atoms with Gasteiger partial charge in [0.25, 0.3) is 0 Å². The number of nitrogens with one attached hydrogen (secondary N) is 3. The summed E-state index contributed by atoms with van der Waals surface area (Å²) in [6.07, 6.45) is -84.0. The second kappa shape index (κ2) is 37.8. The van der Waals surface area contributed by atoms with Crippen LogP contribution in [0.5, 0.6) is 0 Å². The summed E-state index contributed by atoms with van der Waals surface area (Å²) in [6, 6.07) is -5.75. The van der Waals surface area contributed by atoms with Gasteiger partial charge in [-0.3, -0.25) is 14.4 Å². The van der Waals surface area contributed by atoms with Crippen molar-refractivity contribution in [2.45, 2.75) is 311 Å². The van der Waals surface area contributed by atoms with Crippen LogP contribution in [0.1, 0.15) is 34.6 Å². The first-order chi connectivity index (χ1) is 50.5. The molecule has 0 radical (unpaired) electrons. The van der Waals surface area contributed by atoms with Crippen molar-refractivity contribution >= 4 is 17.7 Å². The lowest BCUT2D eigenvalue weighted by Crippen LogP contribution is -2.71. The molecule has 45 atom stereocenters. The van der Waals surface area contributed by atoms with Gasteiger partial charge in [-0.2, -0.15) is 0 Å². The number of ether oxygens (including phenoxy) is 17. The Bertz CT molecular complexity index is 2800. The van der Waals surface area contributed by atoms with Gasteiger partial charge >= 0.3 is 0 Å². The summed E-state index contributed by atoms with van der Waals surface area (Å²) < 4.78 is 101. The summed E-state index contributed by atoms with van der Waals surface area (Å²) >= 11 is 0. The van der Waals surface area contributed by atoms with Gasteiger partial charge in [0.15, 0.2) is 56.6 Å². The summed E-state index contributed by atoms with van der Waals surface area (Å²) in [6.45, 7) is -1.89. The maximum Gasteiger partial charge on any atom is 0.217 e. The Kier molecular flexibility index (Phi) is 31.0. The van der Waals surface area contributed by atoms with Crippen LogP contribution in [0, 0.1) is 0 Å². The predicted molar refractivity (Wildman–Crippen MR) is 329 cm³/mol. The van der Waals surface area contributed by atoms with Gasteiger partial charge in [0.2, 0.25) is 17.7 Å². The van der Waals surface area contributed by atoms with Gasteiger partial charge in [-0.25, -0.2) is 0 Å². The molecule has 3 amide bonds. The van der Waals surface area contributed by atoms with Crippen LogP contribution in [-0.4, -0.2) is 463 Å². The average Bonchev–Trinajstić information content (AvgIpc) is 0.765. The second-order valence-corrected chi connectivity index (χ2v) is 27.4. The van der Waals surface area contributed by atoms with Crippen molar-refractivity contribution in [2.24, 2.45) is 0 Å². The maximum atomic E-state index is 13.3. The van der Waals surface area contributed by atoms with Gasteiger partial charge in [0.1, 0.15) is 207 Å². The van der Waals surface area contributed by atoms with Gasteiger partial charge < -0.3 is 219 Å². The van der Waals surface area contributed by atoms with E-state index in [1.807, 2.05) is 0 Å². The molecule has 0 aromatic rings. The number of aliphatic hydroxyl groups is 24. The molecule has 0 aromatic heterocycles. The zero-order valence-corrected chi connectivity index (χ0v) is 57.8. The number of hydrogen-bond donors (Lipinski definition) is 27. The lowest BCUT2D eigenvalue weighted by molar-refractivity contribution is -0.398. The topological polar surface area (TPSA) is 730 Å². The summed E-state index contributed by atoms with van der Waals surface area (Å²) in [4.78, 5) is 39.1. The molecule has 27 N–H and O–H groups in total. The molecular formula is C60H101N3O44. The van der Waals surface area contributed by atoms with Crippen LogP contribution in [-0.2, 0) is 94.9 Å². The van der Waals surface area contributed by atoms with Gasteiger partial charge in [-0.1, -0.05) is 0 Å². The lowest BCUT2D eigenvalue weighted by atomic mass is 9.93. The molecule has 0 aliphatic carbocycles. The van der Waals surface area contributed by atoms with Crippen LogP contribution in [0.3, 0.4) is 0 Å². The first-order valence-corrected chi connectivity index (χ1v) is 34.3. The first-order valence-electron chi connectivity index (χ1n) is 34.3. The third-order valence-corrected chi connectivity index (χ3v) is 19.9. The number of carbonyl (C=O) groups excluding carboxylic acids is 3. The molecule has 0 bridgehead atoms. The second-order valence-electron chi connectivity index (χ2n) is 27.4. The van der Waals surface area contributed by atoms with E-state index in [1.165, 1.54) is 13.8 Å². The average molecular weight is 1570 g/mol. The highest BCUT2D eigenvalue weighted by Gasteiger charge is 2.61. The Morgan fingerprint density at radius 1 is 0.262 bits per heavy atom. The quantitative estimate of drug-likeness (QED) is 0.0382. The molecule has 0 unspecified atom stereocenters. The van der Waals surface area contributed by atoms with Crippen molar-refractivity contribution in [1.29, 1.82) is 0 Å². The molecule has 9 fully saturated rings. The van der Waals surface area contributed by atoms with Gasteiger partial charge in [0, 0.05) is 20.8 Å². The van der Waals surface area contributed by atoms with Crippen molar-refractivity contribution in [2.75, 3.05) is 46.2 Å². The Morgan fingerprint density at radius 2 is 0.579 bits per heavy atom. The van der Waals surface area contributed by atoms with Crippen LogP contribution in [0.2, 0.25) is 0 Å². The third kappa shape index (κ3) is 19.3. The van der Waals surface area contributed by atoms with E-state index in [1.54, 1.807) is 0 Å². The molecule has 9 rings (SSSR count). The molecule has 620 valence electrons. The minimum absolute atomic E-state index is 0.875. The van der Waals surface area contributed by atoms with Crippen LogP contribution < -0.4 is 16.0 Å². The van der Waals surface area contributed by atoms with E-state index < -0.39 is 340 Å². The first kappa shape index (κ1) is 87.7. The molecule has 107 heavy (non-hydrogen) atoms. The molecule has 9 heterocycles. The van der Waals surface area contributed by atoms with E-state index >= 15 is 0 Å². The molecular weight excluding hydrogens is 1470 g/mol. The zero-order valence-electron chi connectivity index (χ0n) is 57.8. The number of aliphatic hydroxyl groups excluding tert-OH is 24. The summed E-state index contributed by atoms with van der Waals surface area (Å²) in [7, 11) is 0. The Balaban J connectivity index is 1.04. The Hall–Kier alpha value is -3.23. The van der Waals surface area contributed by atoms with Gasteiger partial charge in [-0.05, 0) is 13.8 Å². The summed E-state index contributed by atoms with van der Waals surface area (Å²) in [5, 5.41) is 272. The minimum Gasteiger partial charge on any atom is -0.394 e. The Labute approximate surface area is 606 Å². The largest absolute Gasteiger partial charge is 0.394 e. The number of carbonyl (C=O) groups is 3. The van der Waals surface area contributed by atoms with Crippen LogP contribution in [0.4, 0.5) is 0 Å². The highest BCUT2D eigenvalue weighted by atomic mass is 16.8. The SMILES string of the molecule is CC(=O)N[C@@H]1[C@@H](O[C@H]2O[C@H](C)[C@H](O)[C@H](O)[C@H]2O)[C@H](O[C@@H]2O[C@H](CO)[C@@H](O[C@@H]3O[C@H](CO[C@H]4O[C@H](CO)[C@@H](O)[C@H](O)[C@@H]4O)[C@@H](O)[C@H](O[C@H]4O[C@H](CO)[C@@H](O)[C@H](O)[C@@H]4O[C@@H]4O[C@H](CO)[C@@H](O[C@@H]5O[C@H](CO)[C@H](O)[C@H](O)[C@H]5O)[C@H](O)[C@H]4NC(C)=O)[C@@H]3O)[C@H](O)[C@H]2NC(C)=O)[C@@H](CO[C@H]2O[C@H](C)[C@H](O)[C@H](O)[C@H]2O)O[C@H]1O. The summed E-state index contributed by atoms with van der Waals surface area (Å²) in [5.74, 6) is -2.79. The number of amides is 3. The van der Waals surface area contributed by atoms with Crippen molar-refractivity contribution < 1.29 is 217 Å². The number of rotatable bonds is 26. The van der Waals surface area contributed by atoms with E-state index in [9.17, 15) is 137 Å². The van der Waals surface area contributed by atoms with Crippen molar-refractivity contribution in [3.8, 4) is 0 Å². The van der Waals surface area contributed by atoms with Crippen molar-refractivity contribution in [3.05, 3.63) is 0 Å². The molecule has 0 spiro atoms. The fraction of sp³-hybridized carbons (Fsp3) is 0.950. The van der Waals surface area contributed by atoms with Crippen LogP contribution in [0.25, 0.3) is 0 Å². The monoisotopic (exact) mass is 1570 g/mol. The van der Waals surface area contributed by atoms with Gasteiger partial charge in [0.05, 0.1) is 58.5 Å². The molecule has 9 aliphatic rings. The standard InChI is InChI=1S/C60H101N3O44/c1-13-28(72)36(80)41(85)55(93-13)92-12-24-48(49(27(52(90)95-24)63-17(5)71)105-57-43(87)37(81)29(73)14(2)94-57)104-53-25(61-15(3)69)34(78)47(22(10-68)99-53)103-59-45(89)50(33(77)23(101-59)11-91-56-42(86)38(82)30(74)18(6-64)96-56)106-60-51(40(84)32(76)20(8-66)98-60)107-54-26(62-16(4)70)35(79)46(21(9-67)100-54)102-58-44(88)39(83)31(75)19(7-65)97-58/h13-14,18-60,64-68,72-90H,6-12H2,1-5H3,(H,61,69)(H,62,70)(H,63,71)/t13-,14-,18-,19-,20-,21-,22-,23-,24-,25-,26-,27-,28+,29+,30-,31+,32-,33-,34-,35-,36+,37+,38+,39+,40+,41-,42+,43-,44-,45+,46-,47-,48-,49-,50+,51+,52-,53+,54+,55+,56+,57-,58+,59+,60-/m1/s1.